The highest BCUT2D eigenvalue weighted by atomic mass is 16.5. The first-order chi connectivity index (χ1) is 15.7. The number of nitrogens with zero attached hydrogens (tertiary/aromatic N) is 1. The number of hydrogen-bond acceptors (Lipinski definition) is 5. The topological polar surface area (TPSA) is 69.7 Å². The van der Waals surface area contributed by atoms with Crippen molar-refractivity contribution in [3.8, 4) is 28.5 Å². The number of amides is 1. The lowest BCUT2D eigenvalue weighted by Gasteiger charge is -2.13. The van der Waals surface area contributed by atoms with Crippen molar-refractivity contribution in [2.45, 2.75) is 6.92 Å². The molecule has 0 atom stereocenters. The molecule has 4 rings (SSSR count). The van der Waals surface area contributed by atoms with Crippen LogP contribution in [0.1, 0.15) is 6.92 Å². The Labute approximate surface area is 186 Å². The van der Waals surface area contributed by atoms with Crippen LogP contribution >= 0.6 is 0 Å². The number of carbonyl (C=O) groups is 1. The van der Waals surface area contributed by atoms with E-state index in [0.29, 0.717) is 29.3 Å². The van der Waals surface area contributed by atoms with Gasteiger partial charge in [0.25, 0.3) is 5.91 Å². The van der Waals surface area contributed by atoms with Crippen LogP contribution in [0, 0.1) is 0 Å². The number of para-hydroxylation sites is 1. The first kappa shape index (κ1) is 21.2. The average Bonchev–Trinajstić information content (AvgIpc) is 2.84. The zero-order valence-corrected chi connectivity index (χ0v) is 18.0. The van der Waals surface area contributed by atoms with Gasteiger partial charge in [-0.05, 0) is 43.3 Å². The molecular formula is C26H24N2O4. The van der Waals surface area contributed by atoms with Crippen molar-refractivity contribution in [3.63, 3.8) is 0 Å². The van der Waals surface area contributed by atoms with Crippen LogP contribution in [0.3, 0.4) is 0 Å². The summed E-state index contributed by atoms with van der Waals surface area (Å²) in [5.74, 6) is 1.70. The zero-order chi connectivity index (χ0) is 22.3. The van der Waals surface area contributed by atoms with Gasteiger partial charge in [-0.3, -0.25) is 4.79 Å². The number of ether oxygens (including phenoxy) is 3. The number of fused-ring (bicyclic) bond motifs is 1. The predicted molar refractivity (Wildman–Crippen MR) is 125 cm³/mol. The van der Waals surface area contributed by atoms with Crippen LogP contribution in [0.2, 0.25) is 0 Å². The molecule has 4 aromatic rings. The molecule has 32 heavy (non-hydrogen) atoms. The minimum absolute atomic E-state index is 0.141. The molecule has 0 fully saturated rings. The van der Waals surface area contributed by atoms with E-state index < -0.39 is 0 Å². The number of hydrogen-bond donors (Lipinski definition) is 1. The van der Waals surface area contributed by atoms with E-state index in [-0.39, 0.29) is 12.5 Å². The fourth-order valence-corrected chi connectivity index (χ4v) is 3.37. The van der Waals surface area contributed by atoms with Crippen LogP contribution in [0.15, 0.2) is 78.9 Å². The maximum Gasteiger partial charge on any atom is 0.262 e. The van der Waals surface area contributed by atoms with Crippen LogP contribution in [0.25, 0.3) is 22.2 Å². The van der Waals surface area contributed by atoms with Gasteiger partial charge >= 0.3 is 0 Å². The predicted octanol–water partition coefficient (Wildman–Crippen LogP) is 5.33. The van der Waals surface area contributed by atoms with Crippen molar-refractivity contribution in [2.75, 3.05) is 25.6 Å². The van der Waals surface area contributed by atoms with Gasteiger partial charge in [-0.25, -0.2) is 4.98 Å². The van der Waals surface area contributed by atoms with Crippen LogP contribution < -0.4 is 19.5 Å². The number of nitrogens with one attached hydrogen (secondary N) is 1. The summed E-state index contributed by atoms with van der Waals surface area (Å²) in [6, 6.07) is 24.5. The minimum Gasteiger partial charge on any atom is -0.494 e. The Bertz CT molecular complexity index is 1210. The molecule has 0 unspecified atom stereocenters. The highest BCUT2D eigenvalue weighted by molar-refractivity contribution is 5.94. The van der Waals surface area contributed by atoms with E-state index in [1.807, 2.05) is 73.7 Å². The lowest BCUT2D eigenvalue weighted by molar-refractivity contribution is -0.118. The first-order valence-electron chi connectivity index (χ1n) is 10.4. The normalized spacial score (nSPS) is 10.6. The molecule has 0 aliphatic heterocycles. The molecule has 0 saturated carbocycles. The minimum atomic E-state index is -0.261. The largest absolute Gasteiger partial charge is 0.494 e. The van der Waals surface area contributed by atoms with E-state index in [2.05, 4.69) is 5.32 Å². The molecule has 6 heteroatoms. The molecule has 1 amide bonds. The van der Waals surface area contributed by atoms with Crippen LogP contribution in [-0.2, 0) is 4.79 Å². The molecule has 0 bridgehead atoms. The van der Waals surface area contributed by atoms with E-state index in [1.54, 1.807) is 19.2 Å². The first-order valence-corrected chi connectivity index (χ1v) is 10.4. The number of pyridine rings is 1. The zero-order valence-electron chi connectivity index (χ0n) is 18.0. The van der Waals surface area contributed by atoms with E-state index >= 15 is 0 Å². The van der Waals surface area contributed by atoms with E-state index in [1.165, 1.54) is 0 Å². The van der Waals surface area contributed by atoms with Crippen molar-refractivity contribution in [1.29, 1.82) is 0 Å². The molecule has 3 aromatic carbocycles. The Morgan fingerprint density at radius 1 is 0.906 bits per heavy atom. The van der Waals surface area contributed by atoms with Crippen LogP contribution in [0.4, 0.5) is 5.69 Å². The lowest BCUT2D eigenvalue weighted by atomic mass is 10.1. The molecule has 0 saturated heterocycles. The number of anilines is 1. The average molecular weight is 428 g/mol. The van der Waals surface area contributed by atoms with Crippen molar-refractivity contribution < 1.29 is 19.0 Å². The van der Waals surface area contributed by atoms with Crippen molar-refractivity contribution in [1.82, 2.24) is 4.98 Å². The second kappa shape index (κ2) is 9.83. The third-order valence-electron chi connectivity index (χ3n) is 4.86. The van der Waals surface area contributed by atoms with Gasteiger partial charge in [0.15, 0.2) is 6.61 Å². The summed E-state index contributed by atoms with van der Waals surface area (Å²) >= 11 is 0. The van der Waals surface area contributed by atoms with E-state index in [0.717, 1.165) is 22.4 Å². The summed E-state index contributed by atoms with van der Waals surface area (Å²) in [5, 5.41) is 3.61. The van der Waals surface area contributed by atoms with Gasteiger partial charge in [-0.2, -0.15) is 0 Å². The second-order valence-corrected chi connectivity index (χ2v) is 7.02. The number of benzene rings is 3. The van der Waals surface area contributed by atoms with Gasteiger partial charge in [0, 0.05) is 22.7 Å². The number of aromatic nitrogens is 1. The Hall–Kier alpha value is -4.06. The number of methoxy groups -OCH3 is 1. The highest BCUT2D eigenvalue weighted by Crippen LogP contribution is 2.34. The molecule has 0 radical (unpaired) electrons. The summed E-state index contributed by atoms with van der Waals surface area (Å²) < 4.78 is 16.9. The maximum absolute atomic E-state index is 12.5. The van der Waals surface area contributed by atoms with Crippen LogP contribution in [-0.4, -0.2) is 31.2 Å². The van der Waals surface area contributed by atoms with Gasteiger partial charge in [-0.15, -0.1) is 0 Å². The van der Waals surface area contributed by atoms with Crippen molar-refractivity contribution in [2.24, 2.45) is 0 Å². The van der Waals surface area contributed by atoms with Crippen LogP contribution in [0.5, 0.6) is 17.2 Å². The summed E-state index contributed by atoms with van der Waals surface area (Å²) in [4.78, 5) is 17.3. The van der Waals surface area contributed by atoms with E-state index in [9.17, 15) is 4.79 Å². The smallest absolute Gasteiger partial charge is 0.262 e. The maximum atomic E-state index is 12.5. The van der Waals surface area contributed by atoms with Crippen molar-refractivity contribution >= 4 is 22.5 Å². The summed E-state index contributed by atoms with van der Waals surface area (Å²) in [5.41, 5.74) is 3.04. The summed E-state index contributed by atoms with van der Waals surface area (Å²) in [6.45, 7) is 2.38. The molecule has 162 valence electrons. The fraction of sp³-hybridized carbons (Fsp3) is 0.154. The molecule has 0 aliphatic carbocycles. The molecule has 0 spiro atoms. The molecule has 0 aliphatic rings. The molecule has 1 heterocycles. The third kappa shape index (κ3) is 4.81. The Kier molecular flexibility index (Phi) is 6.51. The highest BCUT2D eigenvalue weighted by Gasteiger charge is 2.14. The number of carbonyl (C=O) groups excluding carboxylic acids is 1. The third-order valence-corrected chi connectivity index (χ3v) is 4.86. The Balaban J connectivity index is 1.57. The van der Waals surface area contributed by atoms with Gasteiger partial charge in [-0.1, -0.05) is 36.4 Å². The van der Waals surface area contributed by atoms with E-state index in [4.69, 9.17) is 19.2 Å². The molecule has 6 nitrogen and oxygen atoms in total. The lowest BCUT2D eigenvalue weighted by Crippen LogP contribution is -2.20. The van der Waals surface area contributed by atoms with Gasteiger partial charge in [0.05, 0.1) is 19.4 Å². The Morgan fingerprint density at radius 3 is 2.41 bits per heavy atom. The fourth-order valence-electron chi connectivity index (χ4n) is 3.37. The monoisotopic (exact) mass is 428 g/mol. The standard InChI is InChI=1S/C26H24N2O4/c1-3-31-20-14-12-19(13-15-20)27-25(29)17-32-24-16-22(18-8-5-4-6-9-18)28-26-21(24)10-7-11-23(26)30-2/h4-16H,3,17H2,1-2H3,(H,27,29). The molecular weight excluding hydrogens is 404 g/mol. The summed E-state index contributed by atoms with van der Waals surface area (Å²) in [7, 11) is 1.61. The number of rotatable bonds is 8. The van der Waals surface area contributed by atoms with Crippen molar-refractivity contribution in [3.05, 3.63) is 78.9 Å². The SMILES string of the molecule is CCOc1ccc(NC(=O)COc2cc(-c3ccccc3)nc3c(OC)cccc23)cc1. The quantitative estimate of drug-likeness (QED) is 0.411. The van der Waals surface area contributed by atoms with Gasteiger partial charge in [0.2, 0.25) is 0 Å². The Morgan fingerprint density at radius 2 is 1.69 bits per heavy atom. The summed E-state index contributed by atoms with van der Waals surface area (Å²) in [6.07, 6.45) is 0. The van der Waals surface area contributed by atoms with Gasteiger partial charge < -0.3 is 19.5 Å². The second-order valence-electron chi connectivity index (χ2n) is 7.02. The molecule has 1 aromatic heterocycles. The van der Waals surface area contributed by atoms with Gasteiger partial charge in [0.1, 0.15) is 22.8 Å². The molecule has 1 N–H and O–H groups in total.